The summed E-state index contributed by atoms with van der Waals surface area (Å²) in [6.07, 6.45) is 1.17. The molecule has 0 saturated heterocycles. The van der Waals surface area contributed by atoms with Gasteiger partial charge in [0.05, 0.1) is 0 Å². The zero-order chi connectivity index (χ0) is 14.3. The van der Waals surface area contributed by atoms with Crippen molar-refractivity contribution >= 4 is 5.91 Å². The molecule has 19 heavy (non-hydrogen) atoms. The third-order valence-corrected chi connectivity index (χ3v) is 3.50. The van der Waals surface area contributed by atoms with E-state index in [4.69, 9.17) is 5.84 Å². The Morgan fingerprint density at radius 2 is 2.05 bits per heavy atom. The predicted octanol–water partition coefficient (Wildman–Crippen LogP) is 2.16. The zero-order valence-electron chi connectivity index (χ0n) is 12.1. The van der Waals surface area contributed by atoms with Crippen LogP contribution in [0.3, 0.4) is 0 Å². The van der Waals surface area contributed by atoms with Gasteiger partial charge in [0, 0.05) is 18.7 Å². The second-order valence-electron chi connectivity index (χ2n) is 4.97. The highest BCUT2D eigenvalue weighted by Crippen LogP contribution is 2.13. The van der Waals surface area contributed by atoms with E-state index in [0.29, 0.717) is 11.5 Å². The second kappa shape index (κ2) is 7.92. The van der Waals surface area contributed by atoms with Gasteiger partial charge in [-0.3, -0.25) is 15.1 Å². The van der Waals surface area contributed by atoms with Gasteiger partial charge in [0.25, 0.3) is 5.91 Å². The van der Waals surface area contributed by atoms with Crippen molar-refractivity contribution in [1.82, 2.24) is 10.3 Å². The third kappa shape index (κ3) is 4.65. The molecule has 1 aromatic rings. The van der Waals surface area contributed by atoms with Crippen molar-refractivity contribution in [2.75, 3.05) is 13.1 Å². The Balaban J connectivity index is 2.82. The quantitative estimate of drug-likeness (QED) is 0.450. The molecule has 1 unspecified atom stereocenters. The van der Waals surface area contributed by atoms with Crippen LogP contribution in [0.15, 0.2) is 24.3 Å². The van der Waals surface area contributed by atoms with Gasteiger partial charge in [-0.05, 0) is 24.1 Å². The molecule has 0 aliphatic carbocycles. The van der Waals surface area contributed by atoms with Crippen molar-refractivity contribution in [3.05, 3.63) is 35.4 Å². The first-order valence-electron chi connectivity index (χ1n) is 6.93. The van der Waals surface area contributed by atoms with E-state index in [1.54, 1.807) is 0 Å². The summed E-state index contributed by atoms with van der Waals surface area (Å²) in [6, 6.07) is 7.62. The van der Waals surface area contributed by atoms with Crippen molar-refractivity contribution in [1.29, 1.82) is 0 Å². The monoisotopic (exact) mass is 263 g/mol. The number of hydrazine groups is 1. The van der Waals surface area contributed by atoms with Crippen LogP contribution in [0.1, 0.15) is 43.1 Å². The van der Waals surface area contributed by atoms with Crippen molar-refractivity contribution < 1.29 is 4.79 Å². The Morgan fingerprint density at radius 1 is 1.37 bits per heavy atom. The molecule has 0 aliphatic rings. The van der Waals surface area contributed by atoms with E-state index in [0.717, 1.165) is 25.2 Å². The topological polar surface area (TPSA) is 58.4 Å². The Labute approximate surface area is 115 Å². The number of amides is 1. The number of rotatable bonds is 7. The number of nitrogens with one attached hydrogen (secondary N) is 1. The molecule has 1 amide bonds. The molecule has 4 heteroatoms. The Bertz CT molecular complexity index is 406. The van der Waals surface area contributed by atoms with E-state index in [9.17, 15) is 4.79 Å². The Hall–Kier alpha value is -1.39. The van der Waals surface area contributed by atoms with Gasteiger partial charge >= 0.3 is 0 Å². The van der Waals surface area contributed by atoms with Gasteiger partial charge in [-0.25, -0.2) is 5.84 Å². The highest BCUT2D eigenvalue weighted by molar-refractivity contribution is 5.95. The minimum Gasteiger partial charge on any atom is -0.299 e. The Kier molecular flexibility index (Phi) is 6.53. The van der Waals surface area contributed by atoms with Crippen LogP contribution in [0.5, 0.6) is 0 Å². The van der Waals surface area contributed by atoms with Crippen LogP contribution >= 0.6 is 0 Å². The van der Waals surface area contributed by atoms with Gasteiger partial charge < -0.3 is 0 Å². The predicted molar refractivity (Wildman–Crippen MR) is 78.5 cm³/mol. The summed E-state index contributed by atoms with van der Waals surface area (Å²) in [4.78, 5) is 14.1. The van der Waals surface area contributed by atoms with Crippen LogP contribution in [0.2, 0.25) is 0 Å². The summed E-state index contributed by atoms with van der Waals surface area (Å²) in [6.45, 7) is 9.41. The van der Waals surface area contributed by atoms with Gasteiger partial charge in [-0.15, -0.1) is 0 Å². The number of carbonyl (C=O) groups excluding carboxylic acids is 1. The van der Waals surface area contributed by atoms with E-state index >= 15 is 0 Å². The molecule has 0 heterocycles. The largest absolute Gasteiger partial charge is 0.299 e. The van der Waals surface area contributed by atoms with Crippen LogP contribution in [0, 0.1) is 5.92 Å². The molecular formula is C15H25N3O. The number of nitrogens with zero attached hydrogens (tertiary/aromatic N) is 1. The maximum Gasteiger partial charge on any atom is 0.265 e. The van der Waals surface area contributed by atoms with Crippen molar-refractivity contribution in [2.24, 2.45) is 11.8 Å². The second-order valence-corrected chi connectivity index (χ2v) is 4.97. The molecule has 0 aromatic heterocycles. The lowest BCUT2D eigenvalue weighted by atomic mass is 10.0. The smallest absolute Gasteiger partial charge is 0.265 e. The maximum atomic E-state index is 11.7. The summed E-state index contributed by atoms with van der Waals surface area (Å²) in [5, 5.41) is 0. The molecule has 0 radical (unpaired) electrons. The minimum atomic E-state index is -0.227. The van der Waals surface area contributed by atoms with Gasteiger partial charge in [-0.1, -0.05) is 45.4 Å². The SMILES string of the molecule is CCC(C)CN(CC)Cc1ccccc1C(=O)NN. The average molecular weight is 263 g/mol. The molecule has 0 spiro atoms. The van der Waals surface area contributed by atoms with Crippen molar-refractivity contribution in [3.8, 4) is 0 Å². The highest BCUT2D eigenvalue weighted by atomic mass is 16.2. The standard InChI is InChI=1S/C15H25N3O/c1-4-12(3)10-18(5-2)11-13-8-6-7-9-14(13)15(19)17-16/h6-9,12H,4-5,10-11,16H2,1-3H3,(H,17,19). The third-order valence-electron chi connectivity index (χ3n) is 3.50. The van der Waals surface area contributed by atoms with E-state index < -0.39 is 0 Å². The van der Waals surface area contributed by atoms with Crippen molar-refractivity contribution in [2.45, 2.75) is 33.7 Å². The number of nitrogen functional groups attached to an aromatic ring is 1. The molecule has 0 fully saturated rings. The van der Waals surface area contributed by atoms with Crippen LogP contribution < -0.4 is 11.3 Å². The van der Waals surface area contributed by atoms with Gasteiger partial charge in [0.2, 0.25) is 0 Å². The lowest BCUT2D eigenvalue weighted by Crippen LogP contribution is -2.33. The lowest BCUT2D eigenvalue weighted by molar-refractivity contribution is 0.0951. The average Bonchev–Trinajstić information content (AvgIpc) is 2.45. The summed E-state index contributed by atoms with van der Waals surface area (Å²) >= 11 is 0. The normalized spacial score (nSPS) is 12.5. The maximum absolute atomic E-state index is 11.7. The van der Waals surface area contributed by atoms with E-state index in [1.165, 1.54) is 6.42 Å². The zero-order valence-corrected chi connectivity index (χ0v) is 12.1. The summed E-state index contributed by atoms with van der Waals surface area (Å²) in [5.41, 5.74) is 3.89. The van der Waals surface area contributed by atoms with Gasteiger partial charge in [-0.2, -0.15) is 0 Å². The first-order valence-corrected chi connectivity index (χ1v) is 6.93. The fourth-order valence-electron chi connectivity index (χ4n) is 2.07. The van der Waals surface area contributed by atoms with Crippen molar-refractivity contribution in [3.63, 3.8) is 0 Å². The summed E-state index contributed by atoms with van der Waals surface area (Å²) in [5.74, 6) is 5.66. The van der Waals surface area contributed by atoms with Crippen LogP contribution in [0.4, 0.5) is 0 Å². The van der Waals surface area contributed by atoms with Crippen LogP contribution in [-0.2, 0) is 6.54 Å². The molecular weight excluding hydrogens is 238 g/mol. The fraction of sp³-hybridized carbons (Fsp3) is 0.533. The number of benzene rings is 1. The molecule has 106 valence electrons. The number of nitrogens with two attached hydrogens (primary N) is 1. The molecule has 1 rings (SSSR count). The molecule has 1 aromatic carbocycles. The molecule has 3 N–H and O–H groups in total. The van der Waals surface area contributed by atoms with E-state index in [-0.39, 0.29) is 5.91 Å². The first-order chi connectivity index (χ1) is 9.12. The molecule has 1 atom stereocenters. The molecule has 4 nitrogen and oxygen atoms in total. The summed E-state index contributed by atoms with van der Waals surface area (Å²) in [7, 11) is 0. The van der Waals surface area contributed by atoms with E-state index in [2.05, 4.69) is 31.1 Å². The number of hydrogen-bond donors (Lipinski definition) is 2. The van der Waals surface area contributed by atoms with E-state index in [1.807, 2.05) is 24.3 Å². The first kappa shape index (κ1) is 15.7. The Morgan fingerprint density at radius 3 is 2.63 bits per heavy atom. The lowest BCUT2D eigenvalue weighted by Gasteiger charge is -2.24. The van der Waals surface area contributed by atoms with Crippen LogP contribution in [-0.4, -0.2) is 23.9 Å². The summed E-state index contributed by atoms with van der Waals surface area (Å²) < 4.78 is 0. The highest BCUT2D eigenvalue weighted by Gasteiger charge is 2.13. The number of carbonyl (C=O) groups is 1. The molecule has 0 aliphatic heterocycles. The molecule has 0 bridgehead atoms. The number of hydrogen-bond acceptors (Lipinski definition) is 3. The molecule has 0 saturated carbocycles. The van der Waals surface area contributed by atoms with Gasteiger partial charge in [0.1, 0.15) is 0 Å². The fourth-order valence-corrected chi connectivity index (χ4v) is 2.07. The van der Waals surface area contributed by atoms with Crippen LogP contribution in [0.25, 0.3) is 0 Å². The minimum absolute atomic E-state index is 0.227. The van der Waals surface area contributed by atoms with Gasteiger partial charge in [0.15, 0.2) is 0 Å².